The zero-order valence-electron chi connectivity index (χ0n) is 22.5. The van der Waals surface area contributed by atoms with E-state index < -0.39 is 23.0 Å². The van der Waals surface area contributed by atoms with E-state index in [1.807, 2.05) is 0 Å². The lowest BCUT2D eigenvalue weighted by molar-refractivity contribution is 0.0695. The van der Waals surface area contributed by atoms with Gasteiger partial charge in [0.15, 0.2) is 11.6 Å². The maximum absolute atomic E-state index is 15.6. The molecule has 0 spiro atoms. The number of aryl methyl sites for hydroxylation is 1. The summed E-state index contributed by atoms with van der Waals surface area (Å²) in [4.78, 5) is 41.9. The predicted molar refractivity (Wildman–Crippen MR) is 153 cm³/mol. The molecule has 1 aromatic carbocycles. The number of carboxylic acid groups (broad SMARTS) is 1. The number of carbonyl (C=O) groups is 1. The number of nitrogens with one attached hydrogen (secondary N) is 2. The molecule has 2 saturated heterocycles. The molecule has 1 atom stereocenters. The number of fused-ring (bicyclic) bond motifs is 5. The minimum atomic E-state index is -1.33. The number of anilines is 2. The molecule has 0 amide bonds. The Labute approximate surface area is 232 Å². The molecular weight excluding hydrogens is 532 g/mol. The molecule has 5 aromatic rings. The summed E-state index contributed by atoms with van der Waals surface area (Å²) in [7, 11) is 3.27. The summed E-state index contributed by atoms with van der Waals surface area (Å²) < 4.78 is 32.0. The quantitative estimate of drug-likeness (QED) is 0.303. The Morgan fingerprint density at radius 3 is 2.76 bits per heavy atom. The highest BCUT2D eigenvalue weighted by molar-refractivity contribution is 6.18. The first-order valence-corrected chi connectivity index (χ1v) is 13.5. The molecule has 0 unspecified atom stereocenters. The maximum Gasteiger partial charge on any atom is 0.341 e. The minimum absolute atomic E-state index is 0.0976. The Morgan fingerprint density at radius 1 is 1.15 bits per heavy atom. The van der Waals surface area contributed by atoms with Crippen LogP contribution in [0.25, 0.3) is 44.1 Å². The van der Waals surface area contributed by atoms with Gasteiger partial charge in [-0.05, 0) is 25.5 Å². The van der Waals surface area contributed by atoms with E-state index in [1.54, 1.807) is 32.6 Å². The Balaban J connectivity index is 1.54. The van der Waals surface area contributed by atoms with Crippen molar-refractivity contribution in [3.8, 4) is 11.1 Å². The largest absolute Gasteiger partial charge is 0.477 e. The van der Waals surface area contributed by atoms with E-state index in [2.05, 4.69) is 30.1 Å². The molecule has 0 radical (unpaired) electrons. The van der Waals surface area contributed by atoms with Crippen molar-refractivity contribution in [3.63, 3.8) is 0 Å². The van der Waals surface area contributed by atoms with Crippen molar-refractivity contribution < 1.29 is 18.7 Å². The predicted octanol–water partition coefficient (Wildman–Crippen LogP) is 3.93. The molecular formula is C29H27F2N7O3. The monoisotopic (exact) mass is 559 g/mol. The highest BCUT2D eigenvalue weighted by atomic mass is 19.2. The number of halogens is 2. The fourth-order valence-corrected chi connectivity index (χ4v) is 6.54. The number of carboxylic acids is 1. The van der Waals surface area contributed by atoms with Gasteiger partial charge < -0.3 is 24.9 Å². The first-order valence-electron chi connectivity index (χ1n) is 13.5. The summed E-state index contributed by atoms with van der Waals surface area (Å²) in [5.74, 6) is -3.27. The number of pyridine rings is 3. The van der Waals surface area contributed by atoms with Crippen LogP contribution in [-0.2, 0) is 7.05 Å². The number of aromatic amines is 1. The lowest BCUT2D eigenvalue weighted by Gasteiger charge is -2.40. The van der Waals surface area contributed by atoms with Crippen molar-refractivity contribution >= 4 is 50.3 Å². The standard InChI is InChI=1S/C29H27F2N7O3/c1-32-20-9-19(30)23(31)21-22-25(38-7-6-37-5-3-4-15(37)12-38)17(11-33-27(22)35-24(20)21)14-8-16-26(39)18(29(40)41)13-36(2)28(16)34-10-14/h8-11,13,15,32H,3-7,12H2,1-2H3,(H,33,35)(H,40,41)/t15-/m0/s1. The van der Waals surface area contributed by atoms with Crippen LogP contribution in [0.2, 0.25) is 0 Å². The number of hydrogen-bond acceptors (Lipinski definition) is 7. The molecule has 12 heteroatoms. The van der Waals surface area contributed by atoms with Gasteiger partial charge in [-0.2, -0.15) is 0 Å². The second-order valence-electron chi connectivity index (χ2n) is 10.8. The SMILES string of the molecule is CNc1cc(F)c(F)c2c1[nH]c1ncc(-c3cnc4c(c3)c(=O)c(C(=O)O)cn4C)c(N3CCN4CCC[C@H]4C3)c12. The number of hydrogen-bond donors (Lipinski definition) is 3. The second kappa shape index (κ2) is 9.23. The summed E-state index contributed by atoms with van der Waals surface area (Å²) in [5.41, 5.74) is 2.33. The van der Waals surface area contributed by atoms with Gasteiger partial charge in [0.1, 0.15) is 16.9 Å². The summed E-state index contributed by atoms with van der Waals surface area (Å²) in [6.07, 6.45) is 6.66. The van der Waals surface area contributed by atoms with Crippen molar-refractivity contribution in [1.82, 2.24) is 24.4 Å². The minimum Gasteiger partial charge on any atom is -0.477 e. The number of rotatable bonds is 4. The van der Waals surface area contributed by atoms with E-state index in [-0.39, 0.29) is 16.3 Å². The second-order valence-corrected chi connectivity index (χ2v) is 10.8. The maximum atomic E-state index is 15.6. The number of benzene rings is 1. The molecule has 0 aliphatic carbocycles. The number of piperazine rings is 1. The average molecular weight is 560 g/mol. The van der Waals surface area contributed by atoms with Crippen molar-refractivity contribution in [2.75, 3.05) is 43.4 Å². The van der Waals surface area contributed by atoms with Gasteiger partial charge in [0.05, 0.1) is 33.1 Å². The van der Waals surface area contributed by atoms with Crippen LogP contribution in [0.4, 0.5) is 20.2 Å². The summed E-state index contributed by atoms with van der Waals surface area (Å²) in [6, 6.07) is 3.06. The molecule has 2 aliphatic heterocycles. The normalized spacial score (nSPS) is 17.6. The molecule has 0 saturated carbocycles. The van der Waals surface area contributed by atoms with Crippen LogP contribution in [0, 0.1) is 11.6 Å². The van der Waals surface area contributed by atoms with Crippen LogP contribution in [-0.4, -0.2) is 74.8 Å². The Bertz CT molecular complexity index is 1970. The smallest absolute Gasteiger partial charge is 0.341 e. The summed E-state index contributed by atoms with van der Waals surface area (Å²) >= 11 is 0. The van der Waals surface area contributed by atoms with Crippen molar-refractivity contribution in [3.05, 3.63) is 58.1 Å². The van der Waals surface area contributed by atoms with Crippen LogP contribution in [0.15, 0.2) is 35.5 Å². The number of aromatic carboxylic acids is 1. The highest BCUT2D eigenvalue weighted by Crippen LogP contribution is 2.44. The number of aromatic nitrogens is 4. The van der Waals surface area contributed by atoms with Gasteiger partial charge in [-0.3, -0.25) is 9.69 Å². The average Bonchev–Trinajstić information content (AvgIpc) is 3.60. The molecule has 7 rings (SSSR count). The van der Waals surface area contributed by atoms with Crippen LogP contribution >= 0.6 is 0 Å². The zero-order chi connectivity index (χ0) is 28.6. The topological polar surface area (TPSA) is 119 Å². The number of nitrogens with zero attached hydrogens (tertiary/aromatic N) is 5. The molecule has 10 nitrogen and oxygen atoms in total. The van der Waals surface area contributed by atoms with Gasteiger partial charge in [-0.25, -0.2) is 23.5 Å². The lowest BCUT2D eigenvalue weighted by atomic mass is 9.99. The van der Waals surface area contributed by atoms with Crippen LogP contribution in [0.3, 0.4) is 0 Å². The molecule has 0 bridgehead atoms. The van der Waals surface area contributed by atoms with Gasteiger partial charge in [0.2, 0.25) is 5.43 Å². The number of H-pyrrole nitrogens is 1. The zero-order valence-corrected chi connectivity index (χ0v) is 22.5. The fourth-order valence-electron chi connectivity index (χ4n) is 6.54. The molecule has 6 heterocycles. The van der Waals surface area contributed by atoms with E-state index in [9.17, 15) is 19.1 Å². The van der Waals surface area contributed by atoms with Gasteiger partial charge in [-0.1, -0.05) is 0 Å². The van der Waals surface area contributed by atoms with Gasteiger partial charge in [0, 0.05) is 75.6 Å². The van der Waals surface area contributed by atoms with Crippen molar-refractivity contribution in [2.45, 2.75) is 18.9 Å². The van der Waals surface area contributed by atoms with Crippen LogP contribution in [0.5, 0.6) is 0 Å². The Morgan fingerprint density at radius 2 is 1.98 bits per heavy atom. The van der Waals surface area contributed by atoms with E-state index in [0.29, 0.717) is 63.8 Å². The molecule has 41 heavy (non-hydrogen) atoms. The summed E-state index contributed by atoms with van der Waals surface area (Å²) in [5, 5.41) is 13.2. The van der Waals surface area contributed by atoms with Gasteiger partial charge >= 0.3 is 5.97 Å². The molecule has 4 aromatic heterocycles. The Hall–Kier alpha value is -4.58. The van der Waals surface area contributed by atoms with E-state index >= 15 is 4.39 Å². The molecule has 210 valence electrons. The molecule has 2 aliphatic rings. The van der Waals surface area contributed by atoms with E-state index in [0.717, 1.165) is 32.0 Å². The molecule has 3 N–H and O–H groups in total. The van der Waals surface area contributed by atoms with E-state index in [4.69, 9.17) is 0 Å². The highest BCUT2D eigenvalue weighted by Gasteiger charge is 2.33. The first-order chi connectivity index (χ1) is 19.8. The summed E-state index contributed by atoms with van der Waals surface area (Å²) in [6.45, 7) is 3.23. The van der Waals surface area contributed by atoms with Gasteiger partial charge in [0.25, 0.3) is 0 Å². The van der Waals surface area contributed by atoms with Crippen molar-refractivity contribution in [2.24, 2.45) is 7.05 Å². The first kappa shape index (κ1) is 25.4. The third kappa shape index (κ3) is 3.77. The van der Waals surface area contributed by atoms with Gasteiger partial charge in [-0.15, -0.1) is 0 Å². The van der Waals surface area contributed by atoms with Crippen LogP contribution in [0.1, 0.15) is 23.2 Å². The van der Waals surface area contributed by atoms with Crippen molar-refractivity contribution in [1.29, 1.82) is 0 Å². The third-order valence-electron chi connectivity index (χ3n) is 8.49. The molecule has 2 fully saturated rings. The fraction of sp³-hybridized carbons (Fsp3) is 0.310. The van der Waals surface area contributed by atoms with E-state index in [1.165, 1.54) is 10.8 Å². The lowest BCUT2D eigenvalue weighted by Crippen LogP contribution is -2.50. The Kier molecular flexibility index (Phi) is 5.72. The third-order valence-corrected chi connectivity index (χ3v) is 8.49. The van der Waals surface area contributed by atoms with Crippen LogP contribution < -0.4 is 15.6 Å².